The zero-order valence-corrected chi connectivity index (χ0v) is 13.3. The van der Waals surface area contributed by atoms with Crippen LogP contribution >= 0.6 is 0 Å². The largest absolute Gasteiger partial charge is 0.383 e. The molecule has 1 fully saturated rings. The lowest BCUT2D eigenvalue weighted by Gasteiger charge is -2.22. The van der Waals surface area contributed by atoms with Crippen molar-refractivity contribution in [2.24, 2.45) is 11.8 Å². The molecule has 0 aliphatic heterocycles. The van der Waals surface area contributed by atoms with Crippen LogP contribution in [0.25, 0.3) is 0 Å². The molecule has 1 N–H and O–H groups in total. The highest BCUT2D eigenvalue weighted by Crippen LogP contribution is 2.39. The van der Waals surface area contributed by atoms with Crippen LogP contribution in [0.3, 0.4) is 0 Å². The van der Waals surface area contributed by atoms with E-state index in [4.69, 9.17) is 4.74 Å². The van der Waals surface area contributed by atoms with Crippen molar-refractivity contribution in [3.63, 3.8) is 0 Å². The maximum atomic E-state index is 5.04. The Labute approximate surface area is 123 Å². The summed E-state index contributed by atoms with van der Waals surface area (Å²) >= 11 is 0. The zero-order valence-electron chi connectivity index (χ0n) is 13.3. The van der Waals surface area contributed by atoms with E-state index in [1.807, 2.05) is 0 Å². The van der Waals surface area contributed by atoms with E-state index in [2.05, 4.69) is 49.3 Å². The molecule has 0 saturated heterocycles. The van der Waals surface area contributed by atoms with Gasteiger partial charge in [-0.15, -0.1) is 0 Å². The fraction of sp³-hybridized carbons (Fsp3) is 0.647. The standard InChI is InChI=1S/C17H28N2O/c1-13-10-16(13)12-19(3)17-6-5-15(9-14(17)2)11-18-7-8-20-4/h5-6,9,13,16,18H,7-8,10-12H2,1-4H3. The van der Waals surface area contributed by atoms with Crippen LogP contribution in [-0.4, -0.2) is 33.9 Å². The summed E-state index contributed by atoms with van der Waals surface area (Å²) in [6.07, 6.45) is 1.39. The van der Waals surface area contributed by atoms with E-state index in [-0.39, 0.29) is 0 Å². The van der Waals surface area contributed by atoms with Crippen molar-refractivity contribution in [3.8, 4) is 0 Å². The second-order valence-electron chi connectivity index (χ2n) is 6.14. The van der Waals surface area contributed by atoms with Crippen molar-refractivity contribution >= 4 is 5.69 Å². The van der Waals surface area contributed by atoms with Crippen molar-refractivity contribution in [2.45, 2.75) is 26.8 Å². The molecular formula is C17H28N2O. The third-order valence-electron chi connectivity index (χ3n) is 4.27. The summed E-state index contributed by atoms with van der Waals surface area (Å²) in [7, 11) is 3.95. The third-order valence-corrected chi connectivity index (χ3v) is 4.27. The Bertz CT molecular complexity index is 433. The van der Waals surface area contributed by atoms with Gasteiger partial charge in [-0.1, -0.05) is 19.1 Å². The minimum Gasteiger partial charge on any atom is -0.383 e. The van der Waals surface area contributed by atoms with Gasteiger partial charge in [0.1, 0.15) is 0 Å². The van der Waals surface area contributed by atoms with Crippen LogP contribution in [0.1, 0.15) is 24.5 Å². The quantitative estimate of drug-likeness (QED) is 0.739. The maximum absolute atomic E-state index is 5.04. The van der Waals surface area contributed by atoms with E-state index in [0.717, 1.165) is 31.5 Å². The first-order valence-electron chi connectivity index (χ1n) is 7.62. The summed E-state index contributed by atoms with van der Waals surface area (Å²) in [4.78, 5) is 2.41. The predicted molar refractivity (Wildman–Crippen MR) is 85.3 cm³/mol. The van der Waals surface area contributed by atoms with Gasteiger partial charge in [-0.3, -0.25) is 0 Å². The average Bonchev–Trinajstić information content (AvgIpc) is 3.10. The lowest BCUT2D eigenvalue weighted by atomic mass is 10.1. The normalized spacial score (nSPS) is 21.0. The van der Waals surface area contributed by atoms with E-state index >= 15 is 0 Å². The molecule has 1 saturated carbocycles. The van der Waals surface area contributed by atoms with Gasteiger partial charge in [-0.05, 0) is 42.4 Å². The number of nitrogens with zero attached hydrogens (tertiary/aromatic N) is 1. The number of benzene rings is 1. The Hall–Kier alpha value is -1.06. The highest BCUT2D eigenvalue weighted by molar-refractivity contribution is 5.54. The van der Waals surface area contributed by atoms with Crippen molar-refractivity contribution in [2.75, 3.05) is 38.8 Å². The fourth-order valence-corrected chi connectivity index (χ4v) is 2.77. The summed E-state index contributed by atoms with van der Waals surface area (Å²) in [5, 5.41) is 3.39. The molecule has 1 aromatic rings. The third kappa shape index (κ3) is 4.22. The van der Waals surface area contributed by atoms with E-state index < -0.39 is 0 Å². The highest BCUT2D eigenvalue weighted by Gasteiger charge is 2.33. The Morgan fingerprint density at radius 1 is 1.40 bits per heavy atom. The second kappa shape index (κ2) is 7.09. The number of rotatable bonds is 8. The van der Waals surface area contributed by atoms with Crippen molar-refractivity contribution in [1.82, 2.24) is 5.32 Å². The van der Waals surface area contributed by atoms with Gasteiger partial charge < -0.3 is 15.0 Å². The molecule has 112 valence electrons. The van der Waals surface area contributed by atoms with E-state index in [1.54, 1.807) is 7.11 Å². The number of hydrogen-bond acceptors (Lipinski definition) is 3. The summed E-state index contributed by atoms with van der Waals surface area (Å²) in [6, 6.07) is 6.78. The molecule has 2 rings (SSSR count). The molecule has 0 radical (unpaired) electrons. The van der Waals surface area contributed by atoms with Crippen LogP contribution in [-0.2, 0) is 11.3 Å². The molecule has 0 spiro atoms. The van der Waals surface area contributed by atoms with Gasteiger partial charge in [0.2, 0.25) is 0 Å². The van der Waals surface area contributed by atoms with Crippen LogP contribution in [0.5, 0.6) is 0 Å². The molecule has 0 aromatic heterocycles. The molecule has 3 heteroatoms. The smallest absolute Gasteiger partial charge is 0.0587 e. The Morgan fingerprint density at radius 2 is 2.15 bits per heavy atom. The fourth-order valence-electron chi connectivity index (χ4n) is 2.77. The van der Waals surface area contributed by atoms with Crippen molar-refractivity contribution in [1.29, 1.82) is 0 Å². The molecule has 2 atom stereocenters. The minimum absolute atomic E-state index is 0.763. The number of anilines is 1. The monoisotopic (exact) mass is 276 g/mol. The first-order valence-corrected chi connectivity index (χ1v) is 7.62. The number of nitrogens with one attached hydrogen (secondary N) is 1. The molecule has 2 unspecified atom stereocenters. The summed E-state index contributed by atoms with van der Waals surface area (Å²) < 4.78 is 5.04. The van der Waals surface area contributed by atoms with Crippen molar-refractivity contribution in [3.05, 3.63) is 29.3 Å². The first-order chi connectivity index (χ1) is 9.61. The van der Waals surface area contributed by atoms with Gasteiger partial charge in [0.05, 0.1) is 6.61 Å². The van der Waals surface area contributed by atoms with Gasteiger partial charge in [-0.2, -0.15) is 0 Å². The first kappa shape index (κ1) is 15.3. The minimum atomic E-state index is 0.763. The Morgan fingerprint density at radius 3 is 2.75 bits per heavy atom. The highest BCUT2D eigenvalue weighted by atomic mass is 16.5. The molecule has 0 amide bonds. The molecule has 1 aliphatic rings. The SMILES string of the molecule is COCCNCc1ccc(N(C)CC2CC2C)c(C)c1. The van der Waals surface area contributed by atoms with Gasteiger partial charge in [0.15, 0.2) is 0 Å². The zero-order chi connectivity index (χ0) is 14.5. The average molecular weight is 276 g/mol. The maximum Gasteiger partial charge on any atom is 0.0587 e. The van der Waals surface area contributed by atoms with E-state index in [9.17, 15) is 0 Å². The van der Waals surface area contributed by atoms with Gasteiger partial charge in [0, 0.05) is 39.5 Å². The number of ether oxygens (including phenoxy) is 1. The predicted octanol–water partition coefficient (Wildman–Crippen LogP) is 2.82. The molecule has 3 nitrogen and oxygen atoms in total. The molecule has 1 aromatic carbocycles. The second-order valence-corrected chi connectivity index (χ2v) is 6.14. The Kier molecular flexibility index (Phi) is 5.44. The Balaban J connectivity index is 1.87. The van der Waals surface area contributed by atoms with Crippen molar-refractivity contribution < 1.29 is 4.74 Å². The lowest BCUT2D eigenvalue weighted by molar-refractivity contribution is 0.199. The van der Waals surface area contributed by atoms with E-state index in [0.29, 0.717) is 0 Å². The molecule has 0 heterocycles. The number of hydrogen-bond donors (Lipinski definition) is 1. The molecular weight excluding hydrogens is 248 g/mol. The van der Waals surface area contributed by atoms with Crippen LogP contribution < -0.4 is 10.2 Å². The van der Waals surface area contributed by atoms with Crippen LogP contribution in [0, 0.1) is 18.8 Å². The summed E-state index contributed by atoms with van der Waals surface area (Å²) in [6.45, 7) is 8.32. The van der Waals surface area contributed by atoms with Crippen LogP contribution in [0.4, 0.5) is 5.69 Å². The van der Waals surface area contributed by atoms with Gasteiger partial charge in [0.25, 0.3) is 0 Å². The molecule has 0 bridgehead atoms. The summed E-state index contributed by atoms with van der Waals surface area (Å²) in [5.74, 6) is 1.82. The van der Waals surface area contributed by atoms with Gasteiger partial charge >= 0.3 is 0 Å². The number of methoxy groups -OCH3 is 1. The number of aryl methyl sites for hydroxylation is 1. The van der Waals surface area contributed by atoms with Crippen LogP contribution in [0.15, 0.2) is 18.2 Å². The van der Waals surface area contributed by atoms with E-state index in [1.165, 1.54) is 29.8 Å². The molecule has 20 heavy (non-hydrogen) atoms. The lowest BCUT2D eigenvalue weighted by Crippen LogP contribution is -2.22. The van der Waals surface area contributed by atoms with Crippen LogP contribution in [0.2, 0.25) is 0 Å². The molecule has 1 aliphatic carbocycles. The van der Waals surface area contributed by atoms with Gasteiger partial charge in [-0.25, -0.2) is 0 Å². The summed E-state index contributed by atoms with van der Waals surface area (Å²) in [5.41, 5.74) is 4.08. The topological polar surface area (TPSA) is 24.5 Å².